The monoisotopic (exact) mass is 151 g/mol. The average molecular weight is 151 g/mol. The summed E-state index contributed by atoms with van der Waals surface area (Å²) in [6, 6.07) is 10.2. The Morgan fingerprint density at radius 2 is 1.64 bits per heavy atom. The first-order valence-corrected chi connectivity index (χ1v) is 4.22. The Morgan fingerprint density at radius 3 is 2.09 bits per heavy atom. The summed E-state index contributed by atoms with van der Waals surface area (Å²) >= 11 is 0. The Labute approximate surface area is 69.4 Å². The number of anilines is 1. The van der Waals surface area contributed by atoms with E-state index in [0.29, 0.717) is 0 Å². The molecule has 0 saturated heterocycles. The van der Waals surface area contributed by atoms with Crippen LogP contribution < -0.4 is 5.32 Å². The summed E-state index contributed by atoms with van der Waals surface area (Å²) in [6.07, 6.45) is 0. The molecule has 1 nitrogen and oxygen atoms in total. The minimum Gasteiger partial charge on any atom is -0.385 e. The lowest BCUT2D eigenvalue weighted by molar-refractivity contribution is 1.21. The second-order valence-electron chi connectivity index (χ2n) is 1.90. The second-order valence-corrected chi connectivity index (χ2v) is 1.90. The van der Waals surface area contributed by atoms with E-state index in [2.05, 4.69) is 24.4 Å². The van der Waals surface area contributed by atoms with E-state index in [-0.39, 0.29) is 0 Å². The second kappa shape index (κ2) is 7.13. The smallest absolute Gasteiger partial charge is 0.0340 e. The first-order chi connectivity index (χ1) is 5.43. The van der Waals surface area contributed by atoms with Crippen molar-refractivity contribution in [1.29, 1.82) is 0 Å². The number of rotatable bonds is 2. The molecule has 0 aliphatic heterocycles. The molecule has 1 aromatic rings. The van der Waals surface area contributed by atoms with Crippen LogP contribution >= 0.6 is 0 Å². The van der Waals surface area contributed by atoms with Crippen LogP contribution in [0.5, 0.6) is 0 Å². The Balaban J connectivity index is 0.000000461. The zero-order valence-corrected chi connectivity index (χ0v) is 7.59. The van der Waals surface area contributed by atoms with Crippen LogP contribution in [0.4, 0.5) is 5.69 Å². The van der Waals surface area contributed by atoms with Crippen molar-refractivity contribution in [1.82, 2.24) is 0 Å². The Kier molecular flexibility index (Phi) is 6.50. The lowest BCUT2D eigenvalue weighted by Crippen LogP contribution is -1.94. The molecule has 0 radical (unpaired) electrons. The molecule has 0 fully saturated rings. The number of nitrogens with one attached hydrogen (secondary N) is 1. The molecule has 62 valence electrons. The maximum atomic E-state index is 3.21. The van der Waals surface area contributed by atoms with E-state index in [1.165, 1.54) is 5.69 Å². The standard InChI is InChI=1S/C8H11N.C2H6/c1-2-9-8-6-4-3-5-7-8;1-2/h3-7,9H,2H2,1H3;1-2H3. The lowest BCUT2D eigenvalue weighted by Gasteiger charge is -1.99. The molecule has 1 heteroatoms. The molecule has 1 aromatic carbocycles. The molecule has 11 heavy (non-hydrogen) atoms. The first kappa shape index (κ1) is 10.0. The van der Waals surface area contributed by atoms with Crippen molar-refractivity contribution in [3.8, 4) is 0 Å². The van der Waals surface area contributed by atoms with Crippen molar-refractivity contribution in [3.63, 3.8) is 0 Å². The van der Waals surface area contributed by atoms with Gasteiger partial charge in [-0.05, 0) is 19.1 Å². The van der Waals surface area contributed by atoms with Crippen LogP contribution in [-0.4, -0.2) is 6.54 Å². The maximum Gasteiger partial charge on any atom is 0.0340 e. The minimum absolute atomic E-state index is 0.990. The fourth-order valence-electron chi connectivity index (χ4n) is 0.760. The van der Waals surface area contributed by atoms with Crippen molar-refractivity contribution in [2.75, 3.05) is 11.9 Å². The highest BCUT2D eigenvalue weighted by Crippen LogP contribution is 2.02. The van der Waals surface area contributed by atoms with Crippen LogP contribution in [-0.2, 0) is 0 Å². The summed E-state index contributed by atoms with van der Waals surface area (Å²) in [6.45, 7) is 7.08. The first-order valence-electron chi connectivity index (χ1n) is 4.22. The zero-order valence-electron chi connectivity index (χ0n) is 7.59. The molecule has 1 N–H and O–H groups in total. The summed E-state index contributed by atoms with van der Waals surface area (Å²) in [5, 5.41) is 3.21. The van der Waals surface area contributed by atoms with Gasteiger partial charge in [0.05, 0.1) is 0 Å². The lowest BCUT2D eigenvalue weighted by atomic mass is 10.3. The van der Waals surface area contributed by atoms with Gasteiger partial charge in [-0.2, -0.15) is 0 Å². The van der Waals surface area contributed by atoms with Gasteiger partial charge in [0.25, 0.3) is 0 Å². The van der Waals surface area contributed by atoms with E-state index < -0.39 is 0 Å². The summed E-state index contributed by atoms with van der Waals surface area (Å²) < 4.78 is 0. The fraction of sp³-hybridized carbons (Fsp3) is 0.400. The van der Waals surface area contributed by atoms with Gasteiger partial charge >= 0.3 is 0 Å². The Hall–Kier alpha value is -0.980. The summed E-state index contributed by atoms with van der Waals surface area (Å²) in [7, 11) is 0. The van der Waals surface area contributed by atoms with Gasteiger partial charge in [-0.1, -0.05) is 32.0 Å². The molecule has 0 spiro atoms. The van der Waals surface area contributed by atoms with Crippen molar-refractivity contribution < 1.29 is 0 Å². The molecule has 0 bridgehead atoms. The van der Waals surface area contributed by atoms with Crippen LogP contribution in [0.3, 0.4) is 0 Å². The minimum atomic E-state index is 0.990. The Bertz CT molecular complexity index is 158. The summed E-state index contributed by atoms with van der Waals surface area (Å²) in [4.78, 5) is 0. The van der Waals surface area contributed by atoms with E-state index in [4.69, 9.17) is 0 Å². The largest absolute Gasteiger partial charge is 0.385 e. The molecule has 0 aliphatic rings. The van der Waals surface area contributed by atoms with Gasteiger partial charge in [0, 0.05) is 12.2 Å². The van der Waals surface area contributed by atoms with Gasteiger partial charge in [0.1, 0.15) is 0 Å². The number of para-hydroxylation sites is 1. The van der Waals surface area contributed by atoms with Crippen LogP contribution in [0.2, 0.25) is 0 Å². The number of hydrogen-bond acceptors (Lipinski definition) is 1. The molecule has 0 saturated carbocycles. The van der Waals surface area contributed by atoms with E-state index in [9.17, 15) is 0 Å². The highest BCUT2D eigenvalue weighted by Gasteiger charge is 1.81. The topological polar surface area (TPSA) is 12.0 Å². The number of hydrogen-bond donors (Lipinski definition) is 1. The normalized spacial score (nSPS) is 7.91. The van der Waals surface area contributed by atoms with Crippen molar-refractivity contribution in [2.24, 2.45) is 0 Å². The van der Waals surface area contributed by atoms with Gasteiger partial charge < -0.3 is 5.32 Å². The van der Waals surface area contributed by atoms with Gasteiger partial charge in [0.15, 0.2) is 0 Å². The van der Waals surface area contributed by atoms with Gasteiger partial charge in [-0.15, -0.1) is 0 Å². The van der Waals surface area contributed by atoms with Crippen LogP contribution in [0, 0.1) is 0 Å². The average Bonchev–Trinajstić information content (AvgIpc) is 2.11. The highest BCUT2D eigenvalue weighted by atomic mass is 14.8. The van der Waals surface area contributed by atoms with Crippen LogP contribution in [0.25, 0.3) is 0 Å². The highest BCUT2D eigenvalue weighted by molar-refractivity contribution is 5.41. The fourth-order valence-corrected chi connectivity index (χ4v) is 0.760. The third kappa shape index (κ3) is 4.43. The zero-order chi connectivity index (χ0) is 8.53. The number of benzene rings is 1. The third-order valence-corrected chi connectivity index (χ3v) is 1.15. The van der Waals surface area contributed by atoms with Crippen molar-refractivity contribution >= 4 is 5.69 Å². The molecule has 1 rings (SSSR count). The predicted octanol–water partition coefficient (Wildman–Crippen LogP) is 3.14. The van der Waals surface area contributed by atoms with Crippen LogP contribution in [0.15, 0.2) is 30.3 Å². The summed E-state index contributed by atoms with van der Waals surface area (Å²) in [5.41, 5.74) is 1.19. The molecular formula is C10H17N. The maximum absolute atomic E-state index is 3.21. The van der Waals surface area contributed by atoms with Crippen molar-refractivity contribution in [3.05, 3.63) is 30.3 Å². The molecule has 0 atom stereocenters. The predicted molar refractivity (Wildman–Crippen MR) is 52.0 cm³/mol. The molecule has 0 heterocycles. The van der Waals surface area contributed by atoms with E-state index in [1.54, 1.807) is 0 Å². The van der Waals surface area contributed by atoms with E-state index in [1.807, 2.05) is 32.0 Å². The third-order valence-electron chi connectivity index (χ3n) is 1.15. The molecular weight excluding hydrogens is 134 g/mol. The summed E-state index contributed by atoms with van der Waals surface area (Å²) in [5.74, 6) is 0. The molecule has 0 amide bonds. The van der Waals surface area contributed by atoms with E-state index >= 15 is 0 Å². The van der Waals surface area contributed by atoms with Gasteiger partial charge in [-0.3, -0.25) is 0 Å². The van der Waals surface area contributed by atoms with Crippen molar-refractivity contribution in [2.45, 2.75) is 20.8 Å². The quantitative estimate of drug-likeness (QED) is 0.684. The van der Waals surface area contributed by atoms with Gasteiger partial charge in [0.2, 0.25) is 0 Å². The Morgan fingerprint density at radius 1 is 1.09 bits per heavy atom. The van der Waals surface area contributed by atoms with Crippen LogP contribution in [0.1, 0.15) is 20.8 Å². The molecule has 0 aromatic heterocycles. The SMILES string of the molecule is CC.CCNc1ccccc1. The molecule has 0 aliphatic carbocycles. The van der Waals surface area contributed by atoms with Gasteiger partial charge in [-0.25, -0.2) is 0 Å². The molecule has 0 unspecified atom stereocenters. The van der Waals surface area contributed by atoms with E-state index in [0.717, 1.165) is 6.54 Å².